The van der Waals surface area contributed by atoms with Gasteiger partial charge in [0.2, 0.25) is 29.5 Å². The number of hydrogen-bond donors (Lipinski definition) is 10. The van der Waals surface area contributed by atoms with Crippen LogP contribution in [-0.2, 0) is 40.0 Å². The third-order valence-electron chi connectivity index (χ3n) is 8.39. The number of carboxylic acid groups (broad SMARTS) is 2. The lowest BCUT2D eigenvalue weighted by molar-refractivity contribution is -0.145. The summed E-state index contributed by atoms with van der Waals surface area (Å²) in [5, 5.41) is 38.3. The smallest absolute Gasteiger partial charge is 0.326 e. The van der Waals surface area contributed by atoms with E-state index in [0.29, 0.717) is 24.2 Å². The Balaban J connectivity index is 2.17. The molecule has 13 N–H and O–H groups in total. The number of guanidine groups is 1. The van der Waals surface area contributed by atoms with Crippen LogP contribution < -0.4 is 38.5 Å². The number of carbonyl (C=O) groups excluding carboxylic acids is 5. The zero-order valence-electron chi connectivity index (χ0n) is 29.8. The average Bonchev–Trinajstić information content (AvgIpc) is 3.60. The lowest BCUT2D eigenvalue weighted by Crippen LogP contribution is -2.59. The van der Waals surface area contributed by atoms with Gasteiger partial charge in [0, 0.05) is 25.9 Å². The SMILES string of the molecule is CSCCC(NC(=O)C(Cc1ccc(O)cc1)NC(=O)C(N)CCCN=C(N)N)C(=O)NC(C)C(=O)N1CCCC1C(=O)NC(CCC(=O)O)C(=O)O. The Morgan fingerprint density at radius 1 is 0.906 bits per heavy atom. The van der Waals surface area contributed by atoms with Crippen molar-refractivity contribution in [1.29, 1.82) is 0 Å². The molecule has 1 aromatic carbocycles. The van der Waals surface area contributed by atoms with Crippen LogP contribution in [0.1, 0.15) is 57.4 Å². The van der Waals surface area contributed by atoms with Crippen LogP contribution in [-0.4, -0.2) is 129 Å². The Morgan fingerprint density at radius 3 is 2.15 bits per heavy atom. The number of phenolic OH excluding ortho intramolecular Hbond substituents is 1. The molecule has 5 amide bonds. The summed E-state index contributed by atoms with van der Waals surface area (Å²) in [6.45, 7) is 1.82. The van der Waals surface area contributed by atoms with Crippen LogP contribution in [0.4, 0.5) is 0 Å². The van der Waals surface area contributed by atoms with Crippen molar-refractivity contribution in [3.05, 3.63) is 29.8 Å². The van der Waals surface area contributed by atoms with E-state index in [4.69, 9.17) is 22.3 Å². The van der Waals surface area contributed by atoms with Crippen molar-refractivity contribution in [3.63, 3.8) is 0 Å². The molecule has 6 unspecified atom stereocenters. The zero-order chi connectivity index (χ0) is 39.7. The number of carbonyl (C=O) groups is 7. The normalized spacial score (nSPS) is 16.6. The molecule has 20 heteroatoms. The number of hydrogen-bond acceptors (Lipinski definition) is 11. The van der Waals surface area contributed by atoms with Crippen LogP contribution in [0, 0.1) is 0 Å². The highest BCUT2D eigenvalue weighted by atomic mass is 32.2. The number of likely N-dealkylation sites (tertiary alicyclic amines) is 1. The highest BCUT2D eigenvalue weighted by molar-refractivity contribution is 7.98. The lowest BCUT2D eigenvalue weighted by Gasteiger charge is -2.29. The summed E-state index contributed by atoms with van der Waals surface area (Å²) < 4.78 is 0. The second-order valence-electron chi connectivity index (χ2n) is 12.6. The van der Waals surface area contributed by atoms with Crippen molar-refractivity contribution < 1.29 is 48.9 Å². The predicted molar refractivity (Wildman–Crippen MR) is 195 cm³/mol. The van der Waals surface area contributed by atoms with Gasteiger partial charge in [-0.15, -0.1) is 0 Å². The van der Waals surface area contributed by atoms with E-state index in [1.807, 2.05) is 0 Å². The quantitative estimate of drug-likeness (QED) is 0.0346. The van der Waals surface area contributed by atoms with Crippen molar-refractivity contribution in [2.45, 2.75) is 94.5 Å². The van der Waals surface area contributed by atoms with E-state index < -0.39 is 84.1 Å². The van der Waals surface area contributed by atoms with E-state index in [1.54, 1.807) is 18.4 Å². The van der Waals surface area contributed by atoms with E-state index in [-0.39, 0.29) is 56.9 Å². The maximum absolute atomic E-state index is 13.7. The minimum Gasteiger partial charge on any atom is -0.508 e. The summed E-state index contributed by atoms with van der Waals surface area (Å²) >= 11 is 1.41. The number of thioether (sulfide) groups is 1. The van der Waals surface area contributed by atoms with Gasteiger partial charge in [-0.2, -0.15) is 11.8 Å². The largest absolute Gasteiger partial charge is 0.508 e. The fraction of sp³-hybridized carbons (Fsp3) is 0.576. The topological polar surface area (TPSA) is 322 Å². The van der Waals surface area contributed by atoms with Gasteiger partial charge in [0.05, 0.1) is 6.04 Å². The molecule has 1 fully saturated rings. The molecule has 0 bridgehead atoms. The first-order chi connectivity index (χ1) is 25.0. The number of nitrogens with one attached hydrogen (secondary N) is 4. The van der Waals surface area contributed by atoms with E-state index in [0.717, 1.165) is 0 Å². The third kappa shape index (κ3) is 15.2. The fourth-order valence-electron chi connectivity index (χ4n) is 5.50. The standard InChI is InChI=1S/C33H51N9O10S/c1-18(31(50)42-15-4-6-25(42)30(49)40-23(32(51)52)11-12-26(44)45)38-28(47)22(13-16-53-2)39-29(48)24(17-19-7-9-20(43)10-8-19)41-27(46)21(34)5-3-14-37-33(35)36/h7-10,18,21-25,43H,3-6,11-17,34H2,1-2H3,(H,38,47)(H,39,48)(H,40,49)(H,41,46)(H,44,45)(H,51,52)(H4,35,36,37). The molecule has 0 aromatic heterocycles. The fourth-order valence-corrected chi connectivity index (χ4v) is 5.98. The highest BCUT2D eigenvalue weighted by Gasteiger charge is 2.38. The van der Waals surface area contributed by atoms with E-state index >= 15 is 0 Å². The van der Waals surface area contributed by atoms with E-state index in [2.05, 4.69) is 26.3 Å². The van der Waals surface area contributed by atoms with Gasteiger partial charge < -0.3 is 58.7 Å². The van der Waals surface area contributed by atoms with E-state index in [1.165, 1.54) is 35.7 Å². The average molecular weight is 766 g/mol. The van der Waals surface area contributed by atoms with Crippen LogP contribution >= 0.6 is 11.8 Å². The molecule has 1 aliphatic rings. The lowest BCUT2D eigenvalue weighted by atomic mass is 10.0. The van der Waals surface area contributed by atoms with Gasteiger partial charge >= 0.3 is 11.9 Å². The van der Waals surface area contributed by atoms with Gasteiger partial charge in [0.15, 0.2) is 5.96 Å². The van der Waals surface area contributed by atoms with Crippen molar-refractivity contribution in [2.24, 2.45) is 22.2 Å². The summed E-state index contributed by atoms with van der Waals surface area (Å²) in [5.41, 5.74) is 17.3. The second-order valence-corrected chi connectivity index (χ2v) is 13.6. The van der Waals surface area contributed by atoms with Crippen LogP contribution in [0.5, 0.6) is 5.75 Å². The summed E-state index contributed by atoms with van der Waals surface area (Å²) in [7, 11) is 0. The van der Waals surface area contributed by atoms with Crippen molar-refractivity contribution in [3.8, 4) is 5.75 Å². The Morgan fingerprint density at radius 2 is 1.55 bits per heavy atom. The molecule has 1 heterocycles. The molecule has 6 atom stereocenters. The number of aromatic hydroxyl groups is 1. The van der Waals surface area contributed by atoms with Gasteiger partial charge in [-0.1, -0.05) is 12.1 Å². The predicted octanol–water partition coefficient (Wildman–Crippen LogP) is -2.03. The Labute approximate surface area is 311 Å². The van der Waals surface area contributed by atoms with Crippen LogP contribution in [0.25, 0.3) is 0 Å². The number of phenols is 1. The molecule has 19 nitrogen and oxygen atoms in total. The monoisotopic (exact) mass is 765 g/mol. The minimum absolute atomic E-state index is 0.000118. The molecular formula is C33H51N9O10S. The Kier molecular flexibility index (Phi) is 18.3. The maximum Gasteiger partial charge on any atom is 0.326 e. The first-order valence-electron chi connectivity index (χ1n) is 17.1. The zero-order valence-corrected chi connectivity index (χ0v) is 30.6. The number of carboxylic acids is 2. The summed E-state index contributed by atoms with van der Waals surface area (Å²) in [6, 6.07) is -0.993. The molecule has 1 aliphatic heterocycles. The summed E-state index contributed by atoms with van der Waals surface area (Å²) in [5.74, 6) is -5.70. The number of aliphatic imine (C=N–C) groups is 1. The molecule has 0 saturated carbocycles. The number of benzene rings is 1. The summed E-state index contributed by atoms with van der Waals surface area (Å²) in [4.78, 5) is 94.4. The molecule has 1 saturated heterocycles. The van der Waals surface area contributed by atoms with Crippen LogP contribution in [0.2, 0.25) is 0 Å². The van der Waals surface area contributed by atoms with Gasteiger partial charge in [-0.3, -0.25) is 33.8 Å². The molecule has 0 aliphatic carbocycles. The number of amides is 5. The van der Waals surface area contributed by atoms with Gasteiger partial charge in [0.1, 0.15) is 36.0 Å². The molecule has 0 spiro atoms. The third-order valence-corrected chi connectivity index (χ3v) is 9.03. The minimum atomic E-state index is -1.47. The molecule has 2 rings (SSSR count). The Hall–Kier alpha value is -5.11. The van der Waals surface area contributed by atoms with Gasteiger partial charge in [-0.05, 0) is 75.2 Å². The Bertz CT molecular complexity index is 1480. The molecule has 0 radical (unpaired) electrons. The van der Waals surface area contributed by atoms with Crippen molar-refractivity contribution >= 4 is 59.2 Å². The molecular weight excluding hydrogens is 714 g/mol. The molecule has 53 heavy (non-hydrogen) atoms. The summed E-state index contributed by atoms with van der Waals surface area (Å²) in [6.07, 6.45) is 2.38. The van der Waals surface area contributed by atoms with Crippen molar-refractivity contribution in [1.82, 2.24) is 26.2 Å². The molecule has 294 valence electrons. The van der Waals surface area contributed by atoms with Gasteiger partial charge in [0.25, 0.3) is 0 Å². The first-order valence-corrected chi connectivity index (χ1v) is 18.5. The number of aliphatic carboxylic acids is 2. The highest BCUT2D eigenvalue weighted by Crippen LogP contribution is 2.19. The van der Waals surface area contributed by atoms with Crippen LogP contribution in [0.15, 0.2) is 29.3 Å². The van der Waals surface area contributed by atoms with Crippen LogP contribution in [0.3, 0.4) is 0 Å². The number of rotatable bonds is 22. The number of nitrogens with two attached hydrogens (primary N) is 3. The first kappa shape index (κ1) is 44.1. The maximum atomic E-state index is 13.7. The van der Waals surface area contributed by atoms with E-state index in [9.17, 15) is 43.8 Å². The second kappa shape index (κ2) is 22.1. The number of nitrogens with zero attached hydrogens (tertiary/aromatic N) is 2. The van der Waals surface area contributed by atoms with Gasteiger partial charge in [-0.25, -0.2) is 4.79 Å². The molecule has 1 aromatic rings. The van der Waals surface area contributed by atoms with Crippen molar-refractivity contribution in [2.75, 3.05) is 25.1 Å².